The first-order valence-corrected chi connectivity index (χ1v) is 12.8. The summed E-state index contributed by atoms with van der Waals surface area (Å²) in [5.41, 5.74) is 3.58. The van der Waals surface area contributed by atoms with Crippen molar-refractivity contribution in [1.82, 2.24) is 4.90 Å². The molecule has 184 valence electrons. The fourth-order valence-electron chi connectivity index (χ4n) is 5.39. The summed E-state index contributed by atoms with van der Waals surface area (Å²) in [4.78, 5) is 15.6. The molecular weight excluding hydrogens is 426 g/mol. The van der Waals surface area contributed by atoms with Crippen molar-refractivity contribution in [3.8, 4) is 17.2 Å². The van der Waals surface area contributed by atoms with E-state index in [0.717, 1.165) is 23.5 Å². The van der Waals surface area contributed by atoms with E-state index in [1.165, 1.54) is 43.2 Å². The van der Waals surface area contributed by atoms with E-state index in [4.69, 9.17) is 14.2 Å². The number of rotatable bonds is 8. The number of amides is 1. The maximum atomic E-state index is 13.5. The molecule has 0 aromatic heterocycles. The summed E-state index contributed by atoms with van der Waals surface area (Å²) in [5, 5.41) is 0. The summed E-state index contributed by atoms with van der Waals surface area (Å²) >= 11 is 0. The molecule has 5 heteroatoms. The summed E-state index contributed by atoms with van der Waals surface area (Å²) in [7, 11) is 3.31. The Hall–Kier alpha value is -2.69. The van der Waals surface area contributed by atoms with Crippen molar-refractivity contribution in [2.24, 2.45) is 5.92 Å². The number of hydrogen-bond acceptors (Lipinski definition) is 4. The predicted molar refractivity (Wildman–Crippen MR) is 135 cm³/mol. The molecule has 1 aliphatic heterocycles. The number of hydrogen-bond donors (Lipinski definition) is 0. The minimum absolute atomic E-state index is 0.149. The zero-order valence-corrected chi connectivity index (χ0v) is 21.1. The molecule has 1 aliphatic carbocycles. The molecule has 0 bridgehead atoms. The standard InChI is InChI=1S/C29H39NO4/c1-20(2)22-10-12-24(13-11-22)34-19-26-25-18-28(33-4)27(32-3)17-23(25)14-15-30(26)29(31)16-21-8-6-5-7-9-21/h10-13,17-18,20-21,26H,5-9,14-16,19H2,1-4H3. The average Bonchev–Trinajstić information content (AvgIpc) is 2.87. The van der Waals surface area contributed by atoms with E-state index in [1.807, 2.05) is 23.1 Å². The Morgan fingerprint density at radius 3 is 2.32 bits per heavy atom. The Kier molecular flexibility index (Phi) is 8.02. The molecule has 1 saturated carbocycles. The van der Waals surface area contributed by atoms with Crippen molar-refractivity contribution < 1.29 is 19.0 Å². The van der Waals surface area contributed by atoms with Gasteiger partial charge in [0.2, 0.25) is 5.91 Å². The molecule has 0 N–H and O–H groups in total. The number of ether oxygens (including phenoxy) is 3. The molecule has 1 amide bonds. The second-order valence-electron chi connectivity index (χ2n) is 10.0. The van der Waals surface area contributed by atoms with Crippen LogP contribution in [0, 0.1) is 5.92 Å². The summed E-state index contributed by atoms with van der Waals surface area (Å²) < 4.78 is 17.4. The average molecular weight is 466 g/mol. The quantitative estimate of drug-likeness (QED) is 0.459. The zero-order chi connectivity index (χ0) is 24.1. The summed E-state index contributed by atoms with van der Waals surface area (Å²) in [6, 6.07) is 12.2. The Morgan fingerprint density at radius 1 is 1.00 bits per heavy atom. The Balaban J connectivity index is 1.58. The van der Waals surface area contributed by atoms with Crippen LogP contribution >= 0.6 is 0 Å². The van der Waals surface area contributed by atoms with Crippen LogP contribution in [0.1, 0.15) is 81.0 Å². The van der Waals surface area contributed by atoms with Crippen LogP contribution in [0.25, 0.3) is 0 Å². The van der Waals surface area contributed by atoms with Crippen LogP contribution in [0.4, 0.5) is 0 Å². The number of nitrogens with zero attached hydrogens (tertiary/aromatic N) is 1. The molecular formula is C29H39NO4. The van der Waals surface area contributed by atoms with E-state index < -0.39 is 0 Å². The number of carbonyl (C=O) groups excluding carboxylic acids is 1. The van der Waals surface area contributed by atoms with Crippen molar-refractivity contribution in [1.29, 1.82) is 0 Å². The minimum atomic E-state index is -0.149. The van der Waals surface area contributed by atoms with Crippen molar-refractivity contribution in [2.75, 3.05) is 27.4 Å². The molecule has 34 heavy (non-hydrogen) atoms. The number of benzene rings is 2. The van der Waals surface area contributed by atoms with Gasteiger partial charge in [-0.1, -0.05) is 45.2 Å². The lowest BCUT2D eigenvalue weighted by atomic mass is 9.85. The molecule has 4 rings (SSSR count). The van der Waals surface area contributed by atoms with Crippen LogP contribution in [-0.4, -0.2) is 38.2 Å². The van der Waals surface area contributed by atoms with Crippen LogP contribution in [0.15, 0.2) is 36.4 Å². The van der Waals surface area contributed by atoms with Gasteiger partial charge in [-0.25, -0.2) is 0 Å². The molecule has 1 atom stereocenters. The summed E-state index contributed by atoms with van der Waals surface area (Å²) in [6.07, 6.45) is 7.59. The third-order valence-electron chi connectivity index (χ3n) is 7.47. The van der Waals surface area contributed by atoms with E-state index in [-0.39, 0.29) is 11.9 Å². The Bertz CT molecular complexity index is 963. The Morgan fingerprint density at radius 2 is 1.68 bits per heavy atom. The van der Waals surface area contributed by atoms with Gasteiger partial charge in [0.05, 0.1) is 20.3 Å². The molecule has 2 aromatic carbocycles. The second kappa shape index (κ2) is 11.2. The largest absolute Gasteiger partial charge is 0.493 e. The third-order valence-corrected chi connectivity index (χ3v) is 7.47. The van der Waals surface area contributed by atoms with E-state index in [2.05, 4.69) is 32.0 Å². The predicted octanol–water partition coefficient (Wildman–Crippen LogP) is 6.30. The molecule has 2 aromatic rings. The highest BCUT2D eigenvalue weighted by atomic mass is 16.5. The van der Waals surface area contributed by atoms with Crippen molar-refractivity contribution in [3.63, 3.8) is 0 Å². The smallest absolute Gasteiger partial charge is 0.223 e. The van der Waals surface area contributed by atoms with Crippen LogP contribution in [0.3, 0.4) is 0 Å². The van der Waals surface area contributed by atoms with E-state index in [0.29, 0.717) is 37.2 Å². The lowest BCUT2D eigenvalue weighted by molar-refractivity contribution is -0.136. The van der Waals surface area contributed by atoms with Gasteiger partial charge < -0.3 is 19.1 Å². The maximum absolute atomic E-state index is 13.5. The van der Waals surface area contributed by atoms with Gasteiger partial charge in [-0.15, -0.1) is 0 Å². The van der Waals surface area contributed by atoms with Gasteiger partial charge in [0.1, 0.15) is 12.4 Å². The van der Waals surface area contributed by atoms with Gasteiger partial charge in [-0.3, -0.25) is 4.79 Å². The molecule has 0 spiro atoms. The van der Waals surface area contributed by atoms with Crippen molar-refractivity contribution in [2.45, 2.75) is 70.8 Å². The number of fused-ring (bicyclic) bond motifs is 1. The fraction of sp³-hybridized carbons (Fsp3) is 0.552. The molecule has 0 radical (unpaired) electrons. The molecule has 1 fully saturated rings. The van der Waals surface area contributed by atoms with Crippen LogP contribution in [0.2, 0.25) is 0 Å². The second-order valence-corrected chi connectivity index (χ2v) is 10.0. The molecule has 2 aliphatic rings. The maximum Gasteiger partial charge on any atom is 0.223 e. The van der Waals surface area contributed by atoms with Gasteiger partial charge in [0.15, 0.2) is 11.5 Å². The van der Waals surface area contributed by atoms with Crippen LogP contribution < -0.4 is 14.2 Å². The molecule has 0 saturated heterocycles. The number of methoxy groups -OCH3 is 2. The minimum Gasteiger partial charge on any atom is -0.493 e. The highest BCUT2D eigenvalue weighted by molar-refractivity contribution is 5.77. The lowest BCUT2D eigenvalue weighted by Crippen LogP contribution is -2.43. The zero-order valence-electron chi connectivity index (χ0n) is 21.1. The van der Waals surface area contributed by atoms with Crippen molar-refractivity contribution in [3.05, 3.63) is 53.1 Å². The molecule has 1 unspecified atom stereocenters. The van der Waals surface area contributed by atoms with Gasteiger partial charge in [0.25, 0.3) is 0 Å². The van der Waals surface area contributed by atoms with Crippen molar-refractivity contribution >= 4 is 5.91 Å². The SMILES string of the molecule is COc1cc2c(cc1OC)C(COc1ccc(C(C)C)cc1)N(C(=O)CC1CCCCC1)CC2. The first-order valence-electron chi connectivity index (χ1n) is 12.8. The lowest BCUT2D eigenvalue weighted by Gasteiger charge is -2.38. The van der Waals surface area contributed by atoms with Crippen LogP contribution in [-0.2, 0) is 11.2 Å². The number of carbonyl (C=O) groups is 1. The molecule has 1 heterocycles. The summed E-state index contributed by atoms with van der Waals surface area (Å²) in [6.45, 7) is 5.49. The summed E-state index contributed by atoms with van der Waals surface area (Å²) in [5.74, 6) is 3.49. The van der Waals surface area contributed by atoms with E-state index in [9.17, 15) is 4.79 Å². The highest BCUT2D eigenvalue weighted by Crippen LogP contribution is 2.39. The fourth-order valence-corrected chi connectivity index (χ4v) is 5.39. The monoisotopic (exact) mass is 465 g/mol. The molecule has 5 nitrogen and oxygen atoms in total. The normalized spacial score (nSPS) is 18.5. The van der Waals surface area contributed by atoms with Gasteiger partial charge in [-0.2, -0.15) is 0 Å². The van der Waals surface area contributed by atoms with Crippen LogP contribution in [0.5, 0.6) is 17.2 Å². The highest BCUT2D eigenvalue weighted by Gasteiger charge is 2.34. The first kappa shape index (κ1) is 24.4. The van der Waals surface area contributed by atoms with Gasteiger partial charge in [-0.05, 0) is 72.1 Å². The third kappa shape index (κ3) is 5.51. The van der Waals surface area contributed by atoms with E-state index in [1.54, 1.807) is 14.2 Å². The Labute approximate surface area is 204 Å². The first-order chi connectivity index (χ1) is 16.5. The van der Waals surface area contributed by atoms with Gasteiger partial charge >= 0.3 is 0 Å². The van der Waals surface area contributed by atoms with Gasteiger partial charge in [0, 0.05) is 13.0 Å². The topological polar surface area (TPSA) is 48.0 Å². The van der Waals surface area contributed by atoms with E-state index >= 15 is 0 Å².